The van der Waals surface area contributed by atoms with Gasteiger partial charge in [-0.2, -0.15) is 0 Å². The summed E-state index contributed by atoms with van der Waals surface area (Å²) in [4.78, 5) is 8.78. The molecule has 6 nitrogen and oxygen atoms in total. The van der Waals surface area contributed by atoms with Crippen molar-refractivity contribution >= 4 is 11.6 Å². The number of ether oxygens (including phenoxy) is 1. The van der Waals surface area contributed by atoms with E-state index in [9.17, 15) is 0 Å². The van der Waals surface area contributed by atoms with Crippen LogP contribution in [-0.2, 0) is 4.74 Å². The highest BCUT2D eigenvalue weighted by atomic mass is 16.5. The van der Waals surface area contributed by atoms with Crippen LogP contribution in [-0.4, -0.2) is 29.7 Å². The minimum atomic E-state index is 0.262. The van der Waals surface area contributed by atoms with Gasteiger partial charge in [-0.05, 0) is 12.3 Å². The van der Waals surface area contributed by atoms with Crippen molar-refractivity contribution in [1.29, 1.82) is 0 Å². The molecule has 6 heteroatoms. The number of anilines is 2. The Labute approximate surface area is 121 Å². The third kappa shape index (κ3) is 6.16. The van der Waals surface area contributed by atoms with Gasteiger partial charge in [0.2, 0.25) is 0 Å². The summed E-state index contributed by atoms with van der Waals surface area (Å²) in [6.07, 6.45) is 0.944. The van der Waals surface area contributed by atoms with Crippen molar-refractivity contribution in [2.75, 3.05) is 30.5 Å². The Morgan fingerprint density at radius 2 is 1.90 bits per heavy atom. The predicted octanol–water partition coefficient (Wildman–Crippen LogP) is 2.36. The zero-order valence-corrected chi connectivity index (χ0v) is 12.9. The lowest BCUT2D eigenvalue weighted by Crippen LogP contribution is -2.14. The van der Waals surface area contributed by atoms with Gasteiger partial charge in [0.05, 0.1) is 0 Å². The Morgan fingerprint density at radius 3 is 2.50 bits per heavy atom. The minimum absolute atomic E-state index is 0.262. The van der Waals surface area contributed by atoms with Crippen LogP contribution in [0.4, 0.5) is 11.6 Å². The smallest absolute Gasteiger partial charge is 0.145 e. The van der Waals surface area contributed by atoms with Crippen LogP contribution in [0.3, 0.4) is 0 Å². The third-order valence-corrected chi connectivity index (χ3v) is 2.63. The van der Waals surface area contributed by atoms with Gasteiger partial charge >= 0.3 is 0 Å². The van der Waals surface area contributed by atoms with Crippen LogP contribution in [0.25, 0.3) is 0 Å². The van der Waals surface area contributed by atoms with Crippen LogP contribution in [0.1, 0.15) is 45.9 Å². The molecule has 0 saturated carbocycles. The molecule has 0 aliphatic carbocycles. The lowest BCUT2D eigenvalue weighted by atomic mass is 10.2. The Hall–Kier alpha value is -1.40. The van der Waals surface area contributed by atoms with Crippen molar-refractivity contribution in [3.05, 3.63) is 11.9 Å². The molecule has 0 spiro atoms. The third-order valence-electron chi connectivity index (χ3n) is 2.63. The second kappa shape index (κ2) is 8.71. The SMILES string of the molecule is CC(C)COCCCNc1cc(NN)nc(C(C)C)n1. The van der Waals surface area contributed by atoms with Gasteiger partial charge in [0, 0.05) is 31.7 Å². The van der Waals surface area contributed by atoms with E-state index in [-0.39, 0.29) is 5.92 Å². The average Bonchev–Trinajstić information content (AvgIpc) is 2.41. The van der Waals surface area contributed by atoms with Crippen LogP contribution in [0.5, 0.6) is 0 Å². The van der Waals surface area contributed by atoms with Crippen LogP contribution < -0.4 is 16.6 Å². The van der Waals surface area contributed by atoms with Gasteiger partial charge in [0.25, 0.3) is 0 Å². The summed E-state index contributed by atoms with van der Waals surface area (Å²) in [5, 5.41) is 3.28. The van der Waals surface area contributed by atoms with Crippen LogP contribution >= 0.6 is 0 Å². The Bertz CT molecular complexity index is 395. The molecule has 0 saturated heterocycles. The fourth-order valence-corrected chi connectivity index (χ4v) is 1.60. The predicted molar refractivity (Wildman–Crippen MR) is 82.7 cm³/mol. The average molecular weight is 281 g/mol. The van der Waals surface area contributed by atoms with E-state index in [2.05, 4.69) is 48.4 Å². The molecular formula is C14H27N5O. The van der Waals surface area contributed by atoms with Crippen molar-refractivity contribution < 1.29 is 4.74 Å². The molecule has 0 unspecified atom stereocenters. The second-order valence-electron chi connectivity index (χ2n) is 5.54. The van der Waals surface area contributed by atoms with E-state index in [0.717, 1.165) is 37.8 Å². The standard InChI is InChI=1S/C14H27N5O/c1-10(2)9-20-7-5-6-16-12-8-13(19-15)18-14(17-12)11(3)4/h8,10-11H,5-7,9,15H2,1-4H3,(H2,16,17,18,19). The van der Waals surface area contributed by atoms with E-state index in [1.807, 2.05) is 0 Å². The lowest BCUT2D eigenvalue weighted by molar-refractivity contribution is 0.110. The maximum atomic E-state index is 5.53. The number of rotatable bonds is 9. The molecule has 1 aromatic rings. The van der Waals surface area contributed by atoms with E-state index < -0.39 is 0 Å². The molecule has 20 heavy (non-hydrogen) atoms. The van der Waals surface area contributed by atoms with Gasteiger partial charge in [0.15, 0.2) is 0 Å². The number of aromatic nitrogens is 2. The molecule has 0 aliphatic heterocycles. The first-order valence-electron chi connectivity index (χ1n) is 7.20. The van der Waals surface area contributed by atoms with E-state index >= 15 is 0 Å². The summed E-state index contributed by atoms with van der Waals surface area (Å²) in [5.41, 5.74) is 2.57. The number of nitrogens with zero attached hydrogens (tertiary/aromatic N) is 2. The summed E-state index contributed by atoms with van der Waals surface area (Å²) in [6.45, 7) is 10.8. The normalized spacial score (nSPS) is 11.2. The summed E-state index contributed by atoms with van der Waals surface area (Å²) in [7, 11) is 0. The van der Waals surface area contributed by atoms with Crippen LogP contribution in [0, 0.1) is 5.92 Å². The molecule has 0 aliphatic rings. The molecule has 0 atom stereocenters. The summed E-state index contributed by atoms with van der Waals surface area (Å²) in [6, 6.07) is 1.81. The molecule has 1 aromatic heterocycles. The largest absolute Gasteiger partial charge is 0.381 e. The fourth-order valence-electron chi connectivity index (χ4n) is 1.60. The van der Waals surface area contributed by atoms with Crippen molar-refractivity contribution in [2.45, 2.75) is 40.0 Å². The van der Waals surface area contributed by atoms with Crippen molar-refractivity contribution in [3.8, 4) is 0 Å². The zero-order valence-electron chi connectivity index (χ0n) is 12.9. The maximum absolute atomic E-state index is 5.53. The molecule has 0 amide bonds. The molecule has 4 N–H and O–H groups in total. The minimum Gasteiger partial charge on any atom is -0.381 e. The van der Waals surface area contributed by atoms with Gasteiger partial charge < -0.3 is 15.5 Å². The first kappa shape index (κ1) is 16.7. The van der Waals surface area contributed by atoms with Crippen LogP contribution in [0.2, 0.25) is 0 Å². The molecular weight excluding hydrogens is 254 g/mol. The Morgan fingerprint density at radius 1 is 1.20 bits per heavy atom. The number of nitrogens with one attached hydrogen (secondary N) is 2. The van der Waals surface area contributed by atoms with Crippen LogP contribution in [0.15, 0.2) is 6.07 Å². The highest BCUT2D eigenvalue weighted by molar-refractivity contribution is 5.47. The van der Waals surface area contributed by atoms with Crippen molar-refractivity contribution in [1.82, 2.24) is 9.97 Å². The molecule has 0 aromatic carbocycles. The molecule has 0 bridgehead atoms. The molecule has 0 radical (unpaired) electrons. The van der Waals surface area contributed by atoms with Gasteiger partial charge in [-0.3, -0.25) is 0 Å². The van der Waals surface area contributed by atoms with Gasteiger partial charge in [-0.15, -0.1) is 0 Å². The van der Waals surface area contributed by atoms with E-state index in [1.54, 1.807) is 6.07 Å². The molecule has 0 fully saturated rings. The summed E-state index contributed by atoms with van der Waals surface area (Å²) >= 11 is 0. The maximum Gasteiger partial charge on any atom is 0.145 e. The van der Waals surface area contributed by atoms with Gasteiger partial charge in [0.1, 0.15) is 17.5 Å². The Kier molecular flexibility index (Phi) is 7.25. The summed E-state index contributed by atoms with van der Waals surface area (Å²) in [5.74, 6) is 8.46. The Balaban J connectivity index is 2.41. The number of nitrogen functional groups attached to an aromatic ring is 1. The van der Waals surface area contributed by atoms with E-state index in [4.69, 9.17) is 10.6 Å². The first-order chi connectivity index (χ1) is 9.52. The van der Waals surface area contributed by atoms with E-state index in [1.165, 1.54) is 0 Å². The molecule has 1 rings (SSSR count). The monoisotopic (exact) mass is 281 g/mol. The van der Waals surface area contributed by atoms with E-state index in [0.29, 0.717) is 11.7 Å². The van der Waals surface area contributed by atoms with Gasteiger partial charge in [-0.25, -0.2) is 15.8 Å². The number of hydrogen-bond acceptors (Lipinski definition) is 6. The summed E-state index contributed by atoms with van der Waals surface area (Å²) < 4.78 is 5.53. The van der Waals surface area contributed by atoms with Crippen molar-refractivity contribution in [3.63, 3.8) is 0 Å². The fraction of sp³-hybridized carbons (Fsp3) is 0.714. The second-order valence-corrected chi connectivity index (χ2v) is 5.54. The zero-order chi connectivity index (χ0) is 15.0. The topological polar surface area (TPSA) is 85.1 Å². The first-order valence-corrected chi connectivity index (χ1v) is 7.20. The van der Waals surface area contributed by atoms with Gasteiger partial charge in [-0.1, -0.05) is 27.7 Å². The number of nitrogens with two attached hydrogens (primary N) is 1. The van der Waals surface area contributed by atoms with Crippen molar-refractivity contribution in [2.24, 2.45) is 11.8 Å². The highest BCUT2D eigenvalue weighted by Crippen LogP contribution is 2.16. The number of hydrazine groups is 1. The lowest BCUT2D eigenvalue weighted by Gasteiger charge is -2.11. The molecule has 114 valence electrons. The quantitative estimate of drug-likeness (QED) is 0.366. The highest BCUT2D eigenvalue weighted by Gasteiger charge is 2.07. The molecule has 1 heterocycles. The number of hydrogen-bond donors (Lipinski definition) is 3.